The van der Waals surface area contributed by atoms with Gasteiger partial charge in [0, 0.05) is 18.3 Å². The molecule has 0 spiro atoms. The summed E-state index contributed by atoms with van der Waals surface area (Å²) in [6, 6.07) is 5.51. The summed E-state index contributed by atoms with van der Waals surface area (Å²) in [5, 5.41) is 0.451. The Balaban J connectivity index is 2.19. The standard InChI is InChI=1S/C17H25ClN2O/c1-12(2)9-10-20(14-5-3-4-6-14)17(21)15-8-7-13(19)11-16(15)18/h7-8,11-12,14H,3-6,9-10,19H2,1-2H3. The molecule has 0 saturated heterocycles. The van der Waals surface area contributed by atoms with E-state index in [9.17, 15) is 4.79 Å². The summed E-state index contributed by atoms with van der Waals surface area (Å²) >= 11 is 6.21. The van der Waals surface area contributed by atoms with Crippen molar-refractivity contribution in [2.45, 2.75) is 52.0 Å². The van der Waals surface area contributed by atoms with Crippen LogP contribution in [0.4, 0.5) is 5.69 Å². The number of nitrogens with two attached hydrogens (primary N) is 1. The van der Waals surface area contributed by atoms with Crippen LogP contribution in [0.3, 0.4) is 0 Å². The summed E-state index contributed by atoms with van der Waals surface area (Å²) in [5.41, 5.74) is 6.87. The molecule has 0 atom stereocenters. The van der Waals surface area contributed by atoms with Crippen molar-refractivity contribution in [1.29, 1.82) is 0 Å². The van der Waals surface area contributed by atoms with Gasteiger partial charge in [-0.15, -0.1) is 0 Å². The van der Waals surface area contributed by atoms with E-state index in [2.05, 4.69) is 13.8 Å². The lowest BCUT2D eigenvalue weighted by molar-refractivity contribution is 0.0672. The summed E-state index contributed by atoms with van der Waals surface area (Å²) in [4.78, 5) is 14.9. The predicted octanol–water partition coefficient (Wildman–Crippen LogP) is 4.35. The Morgan fingerprint density at radius 2 is 2.05 bits per heavy atom. The molecular weight excluding hydrogens is 284 g/mol. The monoisotopic (exact) mass is 308 g/mol. The summed E-state index contributed by atoms with van der Waals surface area (Å²) in [6.07, 6.45) is 5.67. The van der Waals surface area contributed by atoms with Crippen LogP contribution < -0.4 is 5.73 Å². The van der Waals surface area contributed by atoms with Gasteiger partial charge in [0.15, 0.2) is 0 Å². The molecule has 1 saturated carbocycles. The molecule has 4 heteroatoms. The van der Waals surface area contributed by atoms with Gasteiger partial charge in [-0.2, -0.15) is 0 Å². The zero-order chi connectivity index (χ0) is 15.4. The summed E-state index contributed by atoms with van der Waals surface area (Å²) < 4.78 is 0. The first kappa shape index (κ1) is 16.2. The second kappa shape index (κ2) is 7.17. The van der Waals surface area contributed by atoms with Gasteiger partial charge in [0.2, 0.25) is 0 Å². The average Bonchev–Trinajstić information content (AvgIpc) is 2.92. The van der Waals surface area contributed by atoms with Crippen LogP contribution in [0.2, 0.25) is 5.02 Å². The van der Waals surface area contributed by atoms with Gasteiger partial charge in [0.25, 0.3) is 5.91 Å². The maximum atomic E-state index is 12.9. The van der Waals surface area contributed by atoms with Gasteiger partial charge in [0.1, 0.15) is 0 Å². The Hall–Kier alpha value is -1.22. The summed E-state index contributed by atoms with van der Waals surface area (Å²) in [5.74, 6) is 0.635. The molecule has 2 N–H and O–H groups in total. The Kier molecular flexibility index (Phi) is 5.51. The van der Waals surface area contributed by atoms with E-state index in [-0.39, 0.29) is 5.91 Å². The fourth-order valence-corrected chi connectivity index (χ4v) is 3.19. The SMILES string of the molecule is CC(C)CCN(C(=O)c1ccc(N)cc1Cl)C1CCCC1. The molecule has 1 aliphatic carbocycles. The minimum Gasteiger partial charge on any atom is -0.399 e. The van der Waals surface area contributed by atoms with E-state index < -0.39 is 0 Å². The van der Waals surface area contributed by atoms with Crippen molar-refractivity contribution in [1.82, 2.24) is 4.90 Å². The third kappa shape index (κ3) is 4.13. The largest absolute Gasteiger partial charge is 0.399 e. The van der Waals surface area contributed by atoms with E-state index >= 15 is 0 Å². The molecular formula is C17H25ClN2O. The summed E-state index contributed by atoms with van der Waals surface area (Å²) in [7, 11) is 0. The predicted molar refractivity (Wildman–Crippen MR) is 88.6 cm³/mol. The number of benzene rings is 1. The van der Waals surface area contributed by atoms with E-state index in [0.29, 0.717) is 28.2 Å². The highest BCUT2D eigenvalue weighted by Crippen LogP contribution is 2.28. The Morgan fingerprint density at radius 1 is 1.38 bits per heavy atom. The average molecular weight is 309 g/mol. The van der Waals surface area contributed by atoms with Crippen LogP contribution >= 0.6 is 11.6 Å². The minimum absolute atomic E-state index is 0.0487. The fourth-order valence-electron chi connectivity index (χ4n) is 2.92. The third-order valence-electron chi connectivity index (χ3n) is 4.20. The van der Waals surface area contributed by atoms with Crippen molar-refractivity contribution >= 4 is 23.2 Å². The zero-order valence-corrected chi connectivity index (χ0v) is 13.7. The van der Waals surface area contributed by atoms with Gasteiger partial charge < -0.3 is 10.6 Å². The molecule has 0 heterocycles. The van der Waals surface area contributed by atoms with Gasteiger partial charge in [-0.1, -0.05) is 38.3 Å². The third-order valence-corrected chi connectivity index (χ3v) is 4.51. The molecule has 0 unspecified atom stereocenters. The van der Waals surface area contributed by atoms with Crippen LogP contribution in [0.25, 0.3) is 0 Å². The number of nitrogens with zero attached hydrogens (tertiary/aromatic N) is 1. The lowest BCUT2D eigenvalue weighted by Gasteiger charge is -2.30. The molecule has 3 nitrogen and oxygen atoms in total. The van der Waals surface area contributed by atoms with Crippen molar-refractivity contribution in [2.75, 3.05) is 12.3 Å². The zero-order valence-electron chi connectivity index (χ0n) is 12.9. The van der Waals surface area contributed by atoms with Crippen LogP contribution in [0.15, 0.2) is 18.2 Å². The molecule has 1 fully saturated rings. The van der Waals surface area contributed by atoms with Crippen LogP contribution in [-0.2, 0) is 0 Å². The molecule has 1 aliphatic rings. The molecule has 0 bridgehead atoms. The molecule has 2 rings (SSSR count). The van der Waals surface area contributed by atoms with E-state index in [1.807, 2.05) is 4.90 Å². The van der Waals surface area contributed by atoms with E-state index in [1.54, 1.807) is 18.2 Å². The second-order valence-corrected chi connectivity index (χ2v) is 6.77. The number of anilines is 1. The molecule has 0 aliphatic heterocycles. The normalized spacial score (nSPS) is 15.6. The minimum atomic E-state index is 0.0487. The van der Waals surface area contributed by atoms with Crippen molar-refractivity contribution in [3.05, 3.63) is 28.8 Å². The van der Waals surface area contributed by atoms with E-state index in [0.717, 1.165) is 25.8 Å². The lowest BCUT2D eigenvalue weighted by Crippen LogP contribution is -2.40. The van der Waals surface area contributed by atoms with Gasteiger partial charge in [-0.25, -0.2) is 0 Å². The quantitative estimate of drug-likeness (QED) is 0.822. The van der Waals surface area contributed by atoms with Gasteiger partial charge in [-0.05, 0) is 43.4 Å². The highest BCUT2D eigenvalue weighted by Gasteiger charge is 2.28. The molecule has 1 amide bonds. The molecule has 116 valence electrons. The highest BCUT2D eigenvalue weighted by atomic mass is 35.5. The number of carbonyl (C=O) groups is 1. The van der Waals surface area contributed by atoms with Crippen molar-refractivity contribution in [3.8, 4) is 0 Å². The first-order valence-corrected chi connectivity index (χ1v) is 8.23. The first-order chi connectivity index (χ1) is 9.99. The molecule has 0 aromatic heterocycles. The fraction of sp³-hybridized carbons (Fsp3) is 0.588. The van der Waals surface area contributed by atoms with Crippen molar-refractivity contribution in [2.24, 2.45) is 5.92 Å². The topological polar surface area (TPSA) is 46.3 Å². The summed E-state index contributed by atoms with van der Waals surface area (Å²) in [6.45, 7) is 5.18. The van der Waals surface area contributed by atoms with Crippen molar-refractivity contribution in [3.63, 3.8) is 0 Å². The Bertz CT molecular complexity index is 496. The Labute approximate surface area is 132 Å². The van der Waals surface area contributed by atoms with E-state index in [4.69, 9.17) is 17.3 Å². The molecule has 21 heavy (non-hydrogen) atoms. The van der Waals surface area contributed by atoms with Gasteiger partial charge in [0.05, 0.1) is 10.6 Å². The highest BCUT2D eigenvalue weighted by molar-refractivity contribution is 6.34. The van der Waals surface area contributed by atoms with Crippen LogP contribution in [0.1, 0.15) is 56.3 Å². The number of halogens is 1. The number of amides is 1. The second-order valence-electron chi connectivity index (χ2n) is 6.36. The van der Waals surface area contributed by atoms with Crippen LogP contribution in [-0.4, -0.2) is 23.4 Å². The number of rotatable bonds is 5. The van der Waals surface area contributed by atoms with Gasteiger partial charge in [-0.3, -0.25) is 4.79 Å². The molecule has 1 aromatic carbocycles. The Morgan fingerprint density at radius 3 is 2.62 bits per heavy atom. The number of nitrogen functional groups attached to an aromatic ring is 1. The number of hydrogen-bond acceptors (Lipinski definition) is 2. The first-order valence-electron chi connectivity index (χ1n) is 7.85. The van der Waals surface area contributed by atoms with Crippen LogP contribution in [0, 0.1) is 5.92 Å². The van der Waals surface area contributed by atoms with Gasteiger partial charge >= 0.3 is 0 Å². The number of hydrogen-bond donors (Lipinski definition) is 1. The lowest BCUT2D eigenvalue weighted by atomic mass is 10.1. The van der Waals surface area contributed by atoms with Crippen molar-refractivity contribution < 1.29 is 4.79 Å². The van der Waals surface area contributed by atoms with Crippen LogP contribution in [0.5, 0.6) is 0 Å². The smallest absolute Gasteiger partial charge is 0.255 e. The number of carbonyl (C=O) groups excluding carboxylic acids is 1. The molecule has 0 radical (unpaired) electrons. The van der Waals surface area contributed by atoms with E-state index in [1.165, 1.54) is 12.8 Å². The maximum absolute atomic E-state index is 12.9. The maximum Gasteiger partial charge on any atom is 0.255 e. The molecule has 1 aromatic rings.